The SMILES string of the molecule is CNC(=O)c1ccn([C@H]2CCCN(Cc3ncc(C)o3)C2)n1. The molecule has 2 aromatic heterocycles. The van der Waals surface area contributed by atoms with Crippen LogP contribution >= 0.6 is 0 Å². The van der Waals surface area contributed by atoms with E-state index in [9.17, 15) is 4.79 Å². The second kappa shape index (κ2) is 6.31. The molecule has 0 bridgehead atoms. The standard InChI is InChI=1S/C15H21N5O2/c1-11-8-17-14(22-11)10-19-6-3-4-12(9-19)20-7-5-13(18-20)15(21)16-2/h5,7-8,12H,3-4,6,9-10H2,1-2H3,(H,16,21)/t12-/m0/s1. The van der Waals surface area contributed by atoms with E-state index in [1.165, 1.54) is 0 Å². The van der Waals surface area contributed by atoms with Crippen LogP contribution in [0.4, 0.5) is 0 Å². The molecule has 7 nitrogen and oxygen atoms in total. The fourth-order valence-electron chi connectivity index (χ4n) is 2.85. The van der Waals surface area contributed by atoms with E-state index < -0.39 is 0 Å². The van der Waals surface area contributed by atoms with Crippen LogP contribution in [0.2, 0.25) is 0 Å². The summed E-state index contributed by atoms with van der Waals surface area (Å²) in [4.78, 5) is 18.2. The number of oxazole rings is 1. The van der Waals surface area contributed by atoms with Gasteiger partial charge in [0.25, 0.3) is 5.91 Å². The van der Waals surface area contributed by atoms with Crippen molar-refractivity contribution in [3.05, 3.63) is 35.8 Å². The van der Waals surface area contributed by atoms with Crippen molar-refractivity contribution in [1.29, 1.82) is 0 Å². The van der Waals surface area contributed by atoms with E-state index in [0.717, 1.165) is 37.6 Å². The maximum absolute atomic E-state index is 11.6. The first-order chi connectivity index (χ1) is 10.7. The number of nitrogens with zero attached hydrogens (tertiary/aromatic N) is 4. The van der Waals surface area contributed by atoms with E-state index in [2.05, 4.69) is 20.3 Å². The summed E-state index contributed by atoms with van der Waals surface area (Å²) in [6.45, 7) is 4.53. The van der Waals surface area contributed by atoms with Crippen molar-refractivity contribution in [2.45, 2.75) is 32.4 Å². The van der Waals surface area contributed by atoms with Gasteiger partial charge in [0.15, 0.2) is 0 Å². The summed E-state index contributed by atoms with van der Waals surface area (Å²) in [5, 5.41) is 6.98. The second-order valence-electron chi connectivity index (χ2n) is 5.66. The molecule has 118 valence electrons. The van der Waals surface area contributed by atoms with Crippen molar-refractivity contribution < 1.29 is 9.21 Å². The monoisotopic (exact) mass is 303 g/mol. The highest BCUT2D eigenvalue weighted by Gasteiger charge is 2.23. The number of likely N-dealkylation sites (tertiary alicyclic amines) is 1. The highest BCUT2D eigenvalue weighted by molar-refractivity contribution is 5.91. The van der Waals surface area contributed by atoms with Gasteiger partial charge in [-0.25, -0.2) is 4.98 Å². The van der Waals surface area contributed by atoms with Crippen LogP contribution < -0.4 is 5.32 Å². The molecule has 1 saturated heterocycles. The Morgan fingerprint density at radius 1 is 1.55 bits per heavy atom. The number of aryl methyl sites for hydroxylation is 1. The Kier molecular flexibility index (Phi) is 4.24. The predicted octanol–water partition coefficient (Wildman–Crippen LogP) is 1.38. The lowest BCUT2D eigenvalue weighted by atomic mass is 10.1. The molecule has 1 aliphatic rings. The molecule has 0 aliphatic carbocycles. The molecule has 0 radical (unpaired) electrons. The molecular weight excluding hydrogens is 282 g/mol. The Bertz CT molecular complexity index is 648. The normalized spacial score (nSPS) is 19.3. The molecular formula is C15H21N5O2. The number of amides is 1. The van der Waals surface area contributed by atoms with Gasteiger partial charge < -0.3 is 9.73 Å². The van der Waals surface area contributed by atoms with Crippen molar-refractivity contribution in [3.63, 3.8) is 0 Å². The van der Waals surface area contributed by atoms with Crippen LogP contribution in [-0.2, 0) is 6.54 Å². The summed E-state index contributed by atoms with van der Waals surface area (Å²) in [6.07, 6.45) is 5.80. The van der Waals surface area contributed by atoms with E-state index >= 15 is 0 Å². The minimum Gasteiger partial charge on any atom is -0.445 e. The van der Waals surface area contributed by atoms with Gasteiger partial charge >= 0.3 is 0 Å². The molecule has 0 spiro atoms. The van der Waals surface area contributed by atoms with Crippen molar-refractivity contribution in [2.75, 3.05) is 20.1 Å². The predicted molar refractivity (Wildman–Crippen MR) is 80.4 cm³/mol. The molecule has 0 aromatic carbocycles. The first-order valence-electron chi connectivity index (χ1n) is 7.56. The van der Waals surface area contributed by atoms with Gasteiger partial charge in [-0.3, -0.25) is 14.4 Å². The molecule has 7 heteroatoms. The number of hydrogen-bond donors (Lipinski definition) is 1. The molecule has 0 unspecified atom stereocenters. The van der Waals surface area contributed by atoms with Gasteiger partial charge in [0.05, 0.1) is 18.8 Å². The Labute approximate surface area is 129 Å². The van der Waals surface area contributed by atoms with E-state index in [1.807, 2.05) is 17.8 Å². The summed E-state index contributed by atoms with van der Waals surface area (Å²) in [5.41, 5.74) is 0.461. The highest BCUT2D eigenvalue weighted by atomic mass is 16.4. The molecule has 2 aromatic rings. The van der Waals surface area contributed by atoms with Crippen LogP contribution in [0.1, 0.15) is 41.0 Å². The summed E-state index contributed by atoms with van der Waals surface area (Å²) < 4.78 is 7.45. The molecule has 1 fully saturated rings. The molecule has 1 N–H and O–H groups in total. The number of hydrogen-bond acceptors (Lipinski definition) is 5. The third-order valence-corrected chi connectivity index (χ3v) is 3.95. The lowest BCUT2D eigenvalue weighted by Crippen LogP contribution is -2.36. The first kappa shape index (κ1) is 14.8. The molecule has 22 heavy (non-hydrogen) atoms. The average Bonchev–Trinajstić information content (AvgIpc) is 3.16. The van der Waals surface area contributed by atoms with Crippen molar-refractivity contribution in [1.82, 2.24) is 25.0 Å². The maximum atomic E-state index is 11.6. The third kappa shape index (κ3) is 3.19. The number of rotatable bonds is 4. The van der Waals surface area contributed by atoms with E-state index in [1.54, 1.807) is 19.3 Å². The average molecular weight is 303 g/mol. The molecule has 0 saturated carbocycles. The molecule has 1 aliphatic heterocycles. The van der Waals surface area contributed by atoms with Gasteiger partial charge in [0.2, 0.25) is 5.89 Å². The number of piperidine rings is 1. The highest BCUT2D eigenvalue weighted by Crippen LogP contribution is 2.22. The molecule has 1 atom stereocenters. The minimum absolute atomic E-state index is 0.151. The summed E-state index contributed by atoms with van der Waals surface area (Å²) >= 11 is 0. The lowest BCUT2D eigenvalue weighted by Gasteiger charge is -2.31. The number of nitrogens with one attached hydrogen (secondary N) is 1. The second-order valence-corrected chi connectivity index (χ2v) is 5.66. The third-order valence-electron chi connectivity index (χ3n) is 3.95. The largest absolute Gasteiger partial charge is 0.445 e. The fourth-order valence-corrected chi connectivity index (χ4v) is 2.85. The van der Waals surface area contributed by atoms with Crippen molar-refractivity contribution in [2.24, 2.45) is 0 Å². The van der Waals surface area contributed by atoms with Crippen molar-refractivity contribution >= 4 is 5.91 Å². The number of aromatic nitrogens is 3. The Morgan fingerprint density at radius 2 is 2.41 bits per heavy atom. The van der Waals surface area contributed by atoms with Crippen LogP contribution in [0.15, 0.2) is 22.9 Å². The summed E-state index contributed by atoms with van der Waals surface area (Å²) in [5.74, 6) is 1.44. The van der Waals surface area contributed by atoms with Crippen LogP contribution in [0, 0.1) is 6.92 Å². The van der Waals surface area contributed by atoms with E-state index in [4.69, 9.17) is 4.42 Å². The zero-order valence-corrected chi connectivity index (χ0v) is 13.0. The number of carbonyl (C=O) groups excluding carboxylic acids is 1. The van der Waals surface area contributed by atoms with Crippen LogP contribution in [0.3, 0.4) is 0 Å². The summed E-state index contributed by atoms with van der Waals surface area (Å²) in [7, 11) is 1.61. The van der Waals surface area contributed by atoms with Gasteiger partial charge in [0.1, 0.15) is 11.5 Å². The van der Waals surface area contributed by atoms with Gasteiger partial charge in [-0.15, -0.1) is 0 Å². The lowest BCUT2D eigenvalue weighted by molar-refractivity contribution is 0.0955. The first-order valence-corrected chi connectivity index (χ1v) is 7.56. The van der Waals surface area contributed by atoms with Gasteiger partial charge in [-0.1, -0.05) is 0 Å². The maximum Gasteiger partial charge on any atom is 0.271 e. The summed E-state index contributed by atoms with van der Waals surface area (Å²) in [6, 6.07) is 2.04. The zero-order chi connectivity index (χ0) is 15.5. The Morgan fingerprint density at radius 3 is 3.14 bits per heavy atom. The molecule has 3 rings (SSSR count). The van der Waals surface area contributed by atoms with Crippen LogP contribution in [0.5, 0.6) is 0 Å². The van der Waals surface area contributed by atoms with E-state index in [-0.39, 0.29) is 11.9 Å². The minimum atomic E-state index is -0.151. The van der Waals surface area contributed by atoms with E-state index in [0.29, 0.717) is 12.2 Å². The van der Waals surface area contributed by atoms with Crippen LogP contribution in [0.25, 0.3) is 0 Å². The Balaban J connectivity index is 1.65. The molecule has 3 heterocycles. The van der Waals surface area contributed by atoms with Gasteiger partial charge in [-0.2, -0.15) is 5.10 Å². The van der Waals surface area contributed by atoms with Gasteiger partial charge in [-0.05, 0) is 32.4 Å². The number of carbonyl (C=O) groups is 1. The smallest absolute Gasteiger partial charge is 0.271 e. The van der Waals surface area contributed by atoms with Crippen LogP contribution in [-0.4, -0.2) is 45.7 Å². The fraction of sp³-hybridized carbons (Fsp3) is 0.533. The zero-order valence-electron chi connectivity index (χ0n) is 13.0. The quantitative estimate of drug-likeness (QED) is 0.923. The topological polar surface area (TPSA) is 76.2 Å². The van der Waals surface area contributed by atoms with Crippen molar-refractivity contribution in [3.8, 4) is 0 Å². The Hall–Kier alpha value is -2.15. The molecule has 1 amide bonds. The van der Waals surface area contributed by atoms with Gasteiger partial charge in [0, 0.05) is 19.8 Å².